The minimum atomic E-state index is -0.266. The normalized spacial score (nSPS) is 13.2. The van der Waals surface area contributed by atoms with Gasteiger partial charge in [-0.15, -0.1) is 0 Å². The van der Waals surface area contributed by atoms with E-state index in [0.29, 0.717) is 23.5 Å². The van der Waals surface area contributed by atoms with Crippen molar-refractivity contribution in [1.29, 1.82) is 0 Å². The van der Waals surface area contributed by atoms with Gasteiger partial charge in [-0.2, -0.15) is 0 Å². The molecule has 3 rings (SSSR count). The van der Waals surface area contributed by atoms with Crippen molar-refractivity contribution in [2.75, 3.05) is 23.4 Å². The zero-order chi connectivity index (χ0) is 17.1. The molecular weight excluding hydrogens is 311 g/mol. The summed E-state index contributed by atoms with van der Waals surface area (Å²) >= 11 is 0. The summed E-state index contributed by atoms with van der Waals surface area (Å²) < 4.78 is 19.1. The van der Waals surface area contributed by atoms with Crippen molar-refractivity contribution in [3.8, 4) is 5.75 Å². The molecule has 5 nitrogen and oxygen atoms in total. The number of halogens is 1. The summed E-state index contributed by atoms with van der Waals surface area (Å²) in [5.41, 5.74) is 1.87. The standard InChI is InChI=1S/C18H17FN2O3/c1-12(22)10-21-16-7-6-14(8-17(16)24-11-18(21)23)20-9-13-4-2-3-5-15(13)19/h2-8,20H,9-11H2,1H3. The zero-order valence-corrected chi connectivity index (χ0v) is 13.2. The predicted octanol–water partition coefficient (Wildman–Crippen LogP) is 2.75. The second-order valence-corrected chi connectivity index (χ2v) is 5.60. The number of hydrogen-bond acceptors (Lipinski definition) is 4. The molecule has 1 heterocycles. The maximum absolute atomic E-state index is 13.6. The molecule has 124 valence electrons. The summed E-state index contributed by atoms with van der Waals surface area (Å²) in [6, 6.07) is 11.8. The lowest BCUT2D eigenvalue weighted by Gasteiger charge is -2.29. The third-order valence-electron chi connectivity index (χ3n) is 3.72. The Bertz CT molecular complexity index is 792. The summed E-state index contributed by atoms with van der Waals surface area (Å²) in [6.07, 6.45) is 0. The molecule has 0 atom stereocenters. The fourth-order valence-corrected chi connectivity index (χ4v) is 2.55. The fraction of sp³-hybridized carbons (Fsp3) is 0.222. The predicted molar refractivity (Wildman–Crippen MR) is 88.7 cm³/mol. The van der Waals surface area contributed by atoms with Crippen molar-refractivity contribution in [3.05, 3.63) is 53.8 Å². The number of carbonyl (C=O) groups is 2. The largest absolute Gasteiger partial charge is 0.481 e. The average Bonchev–Trinajstić information content (AvgIpc) is 2.56. The van der Waals surface area contributed by atoms with Gasteiger partial charge >= 0.3 is 0 Å². The zero-order valence-electron chi connectivity index (χ0n) is 13.2. The van der Waals surface area contributed by atoms with Crippen LogP contribution < -0.4 is 15.0 Å². The van der Waals surface area contributed by atoms with Crippen LogP contribution in [0.3, 0.4) is 0 Å². The highest BCUT2D eigenvalue weighted by atomic mass is 19.1. The molecule has 1 amide bonds. The van der Waals surface area contributed by atoms with Crippen LogP contribution in [-0.2, 0) is 16.1 Å². The van der Waals surface area contributed by atoms with Crippen molar-refractivity contribution in [1.82, 2.24) is 0 Å². The summed E-state index contributed by atoms with van der Waals surface area (Å²) in [4.78, 5) is 24.7. The first-order valence-corrected chi connectivity index (χ1v) is 7.58. The lowest BCUT2D eigenvalue weighted by molar-refractivity contribution is -0.123. The molecule has 0 radical (unpaired) electrons. The average molecular weight is 328 g/mol. The Morgan fingerprint density at radius 1 is 1.29 bits per heavy atom. The van der Waals surface area contributed by atoms with Gasteiger partial charge < -0.3 is 10.1 Å². The van der Waals surface area contributed by atoms with Crippen molar-refractivity contribution in [2.45, 2.75) is 13.5 Å². The SMILES string of the molecule is CC(=O)CN1C(=O)COc2cc(NCc3ccccc3F)ccc21. The van der Waals surface area contributed by atoms with E-state index in [2.05, 4.69) is 5.32 Å². The minimum Gasteiger partial charge on any atom is -0.481 e. The number of ether oxygens (including phenoxy) is 1. The number of ketones is 1. The first-order valence-electron chi connectivity index (χ1n) is 7.58. The fourth-order valence-electron chi connectivity index (χ4n) is 2.55. The van der Waals surface area contributed by atoms with Gasteiger partial charge in [-0.3, -0.25) is 14.5 Å². The molecule has 2 aromatic carbocycles. The molecule has 0 spiro atoms. The van der Waals surface area contributed by atoms with Gasteiger partial charge in [-0.1, -0.05) is 18.2 Å². The quantitative estimate of drug-likeness (QED) is 0.917. The Labute approximate surface area is 139 Å². The molecule has 0 aliphatic carbocycles. The molecule has 0 unspecified atom stereocenters. The number of nitrogens with one attached hydrogen (secondary N) is 1. The number of amides is 1. The number of fused-ring (bicyclic) bond motifs is 1. The molecule has 6 heteroatoms. The van der Waals surface area contributed by atoms with E-state index in [4.69, 9.17) is 4.74 Å². The van der Waals surface area contributed by atoms with Gasteiger partial charge in [0, 0.05) is 23.9 Å². The molecule has 0 saturated heterocycles. The Balaban J connectivity index is 1.77. The highest BCUT2D eigenvalue weighted by Gasteiger charge is 2.26. The second kappa shape index (κ2) is 6.70. The second-order valence-electron chi connectivity index (χ2n) is 5.60. The minimum absolute atomic E-state index is 0.0250. The molecule has 2 aromatic rings. The topological polar surface area (TPSA) is 58.6 Å². The number of hydrogen-bond donors (Lipinski definition) is 1. The molecule has 1 aliphatic heterocycles. The number of rotatable bonds is 5. The molecule has 24 heavy (non-hydrogen) atoms. The molecule has 0 aromatic heterocycles. The number of benzene rings is 2. The first kappa shape index (κ1) is 16.0. The van der Waals surface area contributed by atoms with Gasteiger partial charge in [0.05, 0.1) is 12.2 Å². The molecular formula is C18H17FN2O3. The van der Waals surface area contributed by atoms with E-state index in [-0.39, 0.29) is 30.7 Å². The Kier molecular flexibility index (Phi) is 4.46. The van der Waals surface area contributed by atoms with Crippen molar-refractivity contribution >= 4 is 23.1 Å². The van der Waals surface area contributed by atoms with E-state index in [0.717, 1.165) is 5.69 Å². The number of Topliss-reactive ketones (excluding diaryl/α,β-unsaturated/α-hetero) is 1. The molecule has 0 bridgehead atoms. The van der Waals surface area contributed by atoms with Gasteiger partial charge in [-0.25, -0.2) is 4.39 Å². The smallest absolute Gasteiger partial charge is 0.265 e. The third-order valence-corrected chi connectivity index (χ3v) is 3.72. The van der Waals surface area contributed by atoms with Crippen LogP contribution in [0.1, 0.15) is 12.5 Å². The van der Waals surface area contributed by atoms with Crippen molar-refractivity contribution < 1.29 is 18.7 Å². The summed E-state index contributed by atoms with van der Waals surface area (Å²) in [5, 5.41) is 3.13. The van der Waals surface area contributed by atoms with Crippen LogP contribution in [0.4, 0.5) is 15.8 Å². The van der Waals surface area contributed by atoms with E-state index in [1.165, 1.54) is 17.9 Å². The van der Waals surface area contributed by atoms with Crippen LogP contribution in [0.2, 0.25) is 0 Å². The van der Waals surface area contributed by atoms with Gasteiger partial charge in [0.2, 0.25) is 0 Å². The molecule has 1 N–H and O–H groups in total. The maximum atomic E-state index is 13.6. The number of anilines is 2. The van der Waals surface area contributed by atoms with E-state index in [1.807, 2.05) is 0 Å². The van der Waals surface area contributed by atoms with Crippen molar-refractivity contribution in [2.24, 2.45) is 0 Å². The lowest BCUT2D eigenvalue weighted by Crippen LogP contribution is -2.41. The number of nitrogens with zero attached hydrogens (tertiary/aromatic N) is 1. The van der Waals surface area contributed by atoms with Gasteiger partial charge in [0.25, 0.3) is 5.91 Å². The van der Waals surface area contributed by atoms with E-state index >= 15 is 0 Å². The van der Waals surface area contributed by atoms with Crippen LogP contribution in [0.15, 0.2) is 42.5 Å². The van der Waals surface area contributed by atoms with Crippen LogP contribution >= 0.6 is 0 Å². The third kappa shape index (κ3) is 3.37. The summed E-state index contributed by atoms with van der Waals surface area (Å²) in [6.45, 7) is 1.70. The Hall–Kier alpha value is -2.89. The first-order chi connectivity index (χ1) is 11.5. The van der Waals surface area contributed by atoms with Crippen LogP contribution in [-0.4, -0.2) is 24.8 Å². The lowest BCUT2D eigenvalue weighted by atomic mass is 10.1. The summed E-state index contributed by atoms with van der Waals surface area (Å²) in [7, 11) is 0. The molecule has 0 saturated carbocycles. The summed E-state index contributed by atoms with van der Waals surface area (Å²) in [5.74, 6) is -0.0884. The van der Waals surface area contributed by atoms with Crippen LogP contribution in [0, 0.1) is 5.82 Å². The molecule has 0 fully saturated rings. The maximum Gasteiger partial charge on any atom is 0.265 e. The van der Waals surface area contributed by atoms with E-state index in [1.54, 1.807) is 36.4 Å². The van der Waals surface area contributed by atoms with Gasteiger partial charge in [0.15, 0.2) is 6.61 Å². The van der Waals surface area contributed by atoms with Crippen molar-refractivity contribution in [3.63, 3.8) is 0 Å². The highest BCUT2D eigenvalue weighted by Crippen LogP contribution is 2.34. The highest BCUT2D eigenvalue weighted by molar-refractivity contribution is 6.02. The van der Waals surface area contributed by atoms with Crippen LogP contribution in [0.5, 0.6) is 5.75 Å². The number of carbonyl (C=O) groups excluding carboxylic acids is 2. The van der Waals surface area contributed by atoms with Gasteiger partial charge in [-0.05, 0) is 25.1 Å². The molecule has 1 aliphatic rings. The van der Waals surface area contributed by atoms with E-state index in [9.17, 15) is 14.0 Å². The monoisotopic (exact) mass is 328 g/mol. The Morgan fingerprint density at radius 2 is 2.08 bits per heavy atom. The van der Waals surface area contributed by atoms with E-state index < -0.39 is 0 Å². The Morgan fingerprint density at radius 3 is 2.83 bits per heavy atom. The van der Waals surface area contributed by atoms with Crippen LogP contribution in [0.25, 0.3) is 0 Å². The van der Waals surface area contributed by atoms with Gasteiger partial charge in [0.1, 0.15) is 17.3 Å².